The molecule has 0 amide bonds. The van der Waals surface area contributed by atoms with Crippen LogP contribution in [-0.2, 0) is 0 Å². The van der Waals surface area contributed by atoms with E-state index >= 15 is 0 Å². The molecule has 0 aliphatic heterocycles. The van der Waals surface area contributed by atoms with Gasteiger partial charge in [0, 0.05) is 19.0 Å². The van der Waals surface area contributed by atoms with Crippen molar-refractivity contribution in [2.75, 3.05) is 6.54 Å². The van der Waals surface area contributed by atoms with Gasteiger partial charge in [0.05, 0.1) is 0 Å². The summed E-state index contributed by atoms with van der Waals surface area (Å²) < 4.78 is 0. The third-order valence-corrected chi connectivity index (χ3v) is 0.766. The zero-order valence-corrected chi connectivity index (χ0v) is 5.39. The first-order chi connectivity index (χ1) is 3.81. The van der Waals surface area contributed by atoms with E-state index in [4.69, 9.17) is 5.73 Å². The maximum Gasteiger partial charge on any atom is 0.0265 e. The highest BCUT2D eigenvalue weighted by molar-refractivity contribution is 5.54. The largest absolute Gasteiger partial charge is 0.327 e. The lowest BCUT2D eigenvalue weighted by Gasteiger charge is -1.87. The molecule has 2 nitrogen and oxygen atoms in total. The topological polar surface area (TPSA) is 38.4 Å². The normalized spacial score (nSPS) is 13.1. The van der Waals surface area contributed by atoms with Crippen LogP contribution < -0.4 is 5.73 Å². The van der Waals surface area contributed by atoms with Crippen LogP contribution in [0.25, 0.3) is 0 Å². The summed E-state index contributed by atoms with van der Waals surface area (Å²) in [6.07, 6.45) is 3.50. The lowest BCUT2D eigenvalue weighted by atomic mass is 10.3. The predicted octanol–water partition coefficient (Wildman–Crippen LogP) is 0.940. The van der Waals surface area contributed by atoms with Gasteiger partial charge in [0.25, 0.3) is 0 Å². The van der Waals surface area contributed by atoms with E-state index in [0.29, 0.717) is 6.54 Å². The Labute approximate surface area is 50.1 Å². The molecule has 0 aromatic heterocycles. The SMILES string of the molecule is CC=N/C=C(/C)CN. The fraction of sp³-hybridized carbons (Fsp3) is 0.500. The van der Waals surface area contributed by atoms with Crippen LogP contribution >= 0.6 is 0 Å². The number of nitrogens with zero attached hydrogens (tertiary/aromatic N) is 1. The highest BCUT2D eigenvalue weighted by atomic mass is 14.7. The van der Waals surface area contributed by atoms with Crippen LogP contribution in [-0.4, -0.2) is 12.8 Å². The molecule has 8 heavy (non-hydrogen) atoms. The Balaban J connectivity index is 3.57. The summed E-state index contributed by atoms with van der Waals surface area (Å²) in [5.74, 6) is 0. The first-order valence-electron chi connectivity index (χ1n) is 2.64. The van der Waals surface area contributed by atoms with Crippen molar-refractivity contribution in [2.45, 2.75) is 13.8 Å². The molecule has 46 valence electrons. The molecule has 0 fully saturated rings. The molecule has 0 saturated carbocycles. The predicted molar refractivity (Wildman–Crippen MR) is 37.0 cm³/mol. The number of hydrogen-bond donors (Lipinski definition) is 1. The summed E-state index contributed by atoms with van der Waals surface area (Å²) in [4.78, 5) is 3.88. The van der Waals surface area contributed by atoms with E-state index in [1.165, 1.54) is 0 Å². The minimum Gasteiger partial charge on any atom is -0.327 e. The van der Waals surface area contributed by atoms with E-state index in [-0.39, 0.29) is 0 Å². The standard InChI is InChI=1S/C6H12N2/c1-3-8-5-6(2)4-7/h3,5H,4,7H2,1-2H3/b6-5-,8-3?. The summed E-state index contributed by atoms with van der Waals surface area (Å²) in [7, 11) is 0. The number of nitrogens with two attached hydrogens (primary N) is 1. The molecule has 0 aliphatic carbocycles. The molecule has 0 bridgehead atoms. The van der Waals surface area contributed by atoms with Gasteiger partial charge in [-0.2, -0.15) is 0 Å². The fourth-order valence-corrected chi connectivity index (χ4v) is 0.254. The summed E-state index contributed by atoms with van der Waals surface area (Å²) in [5.41, 5.74) is 6.37. The molecule has 0 aromatic rings. The van der Waals surface area contributed by atoms with Crippen molar-refractivity contribution in [2.24, 2.45) is 10.7 Å². The number of aliphatic imine (C=N–C) groups is 1. The van der Waals surface area contributed by atoms with Gasteiger partial charge in [-0.25, -0.2) is 0 Å². The van der Waals surface area contributed by atoms with Gasteiger partial charge in [-0.15, -0.1) is 0 Å². The summed E-state index contributed by atoms with van der Waals surface area (Å²) in [5, 5.41) is 0. The van der Waals surface area contributed by atoms with Gasteiger partial charge >= 0.3 is 0 Å². The molecular formula is C6H12N2. The molecule has 0 aliphatic rings. The van der Waals surface area contributed by atoms with E-state index in [0.717, 1.165) is 5.57 Å². The van der Waals surface area contributed by atoms with Crippen LogP contribution in [0.3, 0.4) is 0 Å². The lowest BCUT2D eigenvalue weighted by molar-refractivity contribution is 1.12. The Bertz CT molecular complexity index is 103. The molecule has 2 heteroatoms. The highest BCUT2D eigenvalue weighted by Crippen LogP contribution is 1.85. The molecule has 0 radical (unpaired) electrons. The lowest BCUT2D eigenvalue weighted by Crippen LogP contribution is -1.98. The van der Waals surface area contributed by atoms with E-state index in [9.17, 15) is 0 Å². The number of hydrogen-bond acceptors (Lipinski definition) is 2. The molecule has 0 spiro atoms. The summed E-state index contributed by atoms with van der Waals surface area (Å²) in [6, 6.07) is 0. The van der Waals surface area contributed by atoms with Crippen molar-refractivity contribution in [3.8, 4) is 0 Å². The van der Waals surface area contributed by atoms with Gasteiger partial charge in [0.1, 0.15) is 0 Å². The second-order valence-corrected chi connectivity index (χ2v) is 1.59. The van der Waals surface area contributed by atoms with E-state index in [2.05, 4.69) is 4.99 Å². The molecule has 0 unspecified atom stereocenters. The average molecular weight is 112 g/mol. The van der Waals surface area contributed by atoms with Crippen molar-refractivity contribution in [3.05, 3.63) is 11.8 Å². The molecular weight excluding hydrogens is 100 g/mol. The highest BCUT2D eigenvalue weighted by Gasteiger charge is 1.76. The third kappa shape index (κ3) is 3.56. The van der Waals surface area contributed by atoms with Gasteiger partial charge in [0.15, 0.2) is 0 Å². The Morgan fingerprint density at radius 2 is 2.38 bits per heavy atom. The Morgan fingerprint density at radius 1 is 1.75 bits per heavy atom. The zero-order chi connectivity index (χ0) is 6.41. The molecule has 0 atom stereocenters. The third-order valence-electron chi connectivity index (χ3n) is 0.766. The second-order valence-electron chi connectivity index (χ2n) is 1.59. The maximum atomic E-state index is 5.27. The molecule has 2 N–H and O–H groups in total. The Hall–Kier alpha value is -0.630. The Morgan fingerprint density at radius 3 is 2.75 bits per heavy atom. The van der Waals surface area contributed by atoms with Crippen LogP contribution in [0.4, 0.5) is 0 Å². The van der Waals surface area contributed by atoms with Crippen LogP contribution in [0, 0.1) is 0 Å². The fourth-order valence-electron chi connectivity index (χ4n) is 0.254. The molecule has 0 aromatic carbocycles. The van der Waals surface area contributed by atoms with Crippen molar-refractivity contribution in [1.29, 1.82) is 0 Å². The average Bonchev–Trinajstić information content (AvgIpc) is 1.83. The molecule has 0 rings (SSSR count). The molecule has 0 saturated heterocycles. The maximum absolute atomic E-state index is 5.27. The van der Waals surface area contributed by atoms with E-state index in [1.807, 2.05) is 13.8 Å². The summed E-state index contributed by atoms with van der Waals surface area (Å²) in [6.45, 7) is 4.42. The minimum absolute atomic E-state index is 0.595. The zero-order valence-electron chi connectivity index (χ0n) is 5.39. The van der Waals surface area contributed by atoms with Gasteiger partial charge in [-0.05, 0) is 19.4 Å². The van der Waals surface area contributed by atoms with E-state index in [1.54, 1.807) is 12.4 Å². The minimum atomic E-state index is 0.595. The van der Waals surface area contributed by atoms with Gasteiger partial charge in [0.2, 0.25) is 0 Å². The second kappa shape index (κ2) is 4.53. The van der Waals surface area contributed by atoms with Crippen molar-refractivity contribution in [1.82, 2.24) is 0 Å². The van der Waals surface area contributed by atoms with Gasteiger partial charge < -0.3 is 5.73 Å². The Kier molecular flexibility index (Phi) is 4.17. The molecule has 0 heterocycles. The van der Waals surface area contributed by atoms with Crippen LogP contribution in [0.1, 0.15) is 13.8 Å². The quantitative estimate of drug-likeness (QED) is 0.530. The van der Waals surface area contributed by atoms with Crippen LogP contribution in [0.15, 0.2) is 16.8 Å². The van der Waals surface area contributed by atoms with Crippen LogP contribution in [0.5, 0.6) is 0 Å². The first kappa shape index (κ1) is 7.37. The van der Waals surface area contributed by atoms with Gasteiger partial charge in [-0.3, -0.25) is 4.99 Å². The van der Waals surface area contributed by atoms with Crippen molar-refractivity contribution < 1.29 is 0 Å². The summed E-state index contributed by atoms with van der Waals surface area (Å²) >= 11 is 0. The van der Waals surface area contributed by atoms with Crippen molar-refractivity contribution in [3.63, 3.8) is 0 Å². The monoisotopic (exact) mass is 112 g/mol. The van der Waals surface area contributed by atoms with Crippen molar-refractivity contribution >= 4 is 6.21 Å². The van der Waals surface area contributed by atoms with E-state index < -0.39 is 0 Å². The smallest absolute Gasteiger partial charge is 0.0265 e. The number of rotatable bonds is 2. The first-order valence-corrected chi connectivity index (χ1v) is 2.64. The van der Waals surface area contributed by atoms with Gasteiger partial charge in [-0.1, -0.05) is 0 Å². The van der Waals surface area contributed by atoms with Crippen LogP contribution in [0.2, 0.25) is 0 Å².